The molecule has 0 aliphatic heterocycles. The van der Waals surface area contributed by atoms with Gasteiger partial charge in [0, 0.05) is 6.54 Å². The van der Waals surface area contributed by atoms with Crippen LogP contribution in [-0.4, -0.2) is 11.5 Å². The summed E-state index contributed by atoms with van der Waals surface area (Å²) in [4.78, 5) is 4.13. The van der Waals surface area contributed by atoms with E-state index in [4.69, 9.17) is 5.73 Å². The van der Waals surface area contributed by atoms with E-state index in [1.54, 1.807) is 6.20 Å². The highest BCUT2D eigenvalue weighted by Crippen LogP contribution is 2.27. The van der Waals surface area contributed by atoms with Gasteiger partial charge in [0.25, 0.3) is 0 Å². The molecule has 3 nitrogen and oxygen atoms in total. The van der Waals surface area contributed by atoms with Gasteiger partial charge in [0.15, 0.2) is 5.13 Å². The number of aromatic nitrogens is 1. The van der Waals surface area contributed by atoms with Gasteiger partial charge in [-0.05, 0) is 18.8 Å². The van der Waals surface area contributed by atoms with Gasteiger partial charge in [-0.25, -0.2) is 4.98 Å². The van der Waals surface area contributed by atoms with Crippen LogP contribution in [-0.2, 0) is 0 Å². The van der Waals surface area contributed by atoms with Crippen molar-refractivity contribution >= 4 is 21.5 Å². The first-order valence-electron chi connectivity index (χ1n) is 4.30. The molecule has 0 amide bonds. The van der Waals surface area contributed by atoms with Gasteiger partial charge in [0.2, 0.25) is 0 Å². The van der Waals surface area contributed by atoms with Crippen molar-refractivity contribution in [2.24, 2.45) is 5.92 Å². The van der Waals surface area contributed by atoms with Crippen LogP contribution < -0.4 is 11.1 Å². The predicted octanol–water partition coefficient (Wildman–Crippen LogP) is 1.94. The molecule has 2 rings (SSSR count). The molecule has 1 heterocycles. The SMILES string of the molecule is Nc1cnc(NCC2CCC2)s1. The Morgan fingerprint density at radius 1 is 1.67 bits per heavy atom. The third kappa shape index (κ3) is 1.69. The Labute approximate surface area is 76.0 Å². The van der Waals surface area contributed by atoms with Crippen molar-refractivity contribution in [2.75, 3.05) is 17.6 Å². The standard InChI is InChI=1S/C8H13N3S/c9-7-5-11-8(12-7)10-4-6-2-1-3-6/h5-6H,1-4,9H2,(H,10,11). The van der Waals surface area contributed by atoms with Crippen LogP contribution in [0.4, 0.5) is 10.1 Å². The number of anilines is 2. The van der Waals surface area contributed by atoms with Crippen LogP contribution in [0, 0.1) is 5.92 Å². The Hall–Kier alpha value is -0.770. The van der Waals surface area contributed by atoms with Crippen LogP contribution in [0.2, 0.25) is 0 Å². The molecule has 4 heteroatoms. The molecule has 1 aliphatic carbocycles. The summed E-state index contributed by atoms with van der Waals surface area (Å²) in [5, 5.41) is 5.04. The van der Waals surface area contributed by atoms with Crippen molar-refractivity contribution in [1.29, 1.82) is 0 Å². The fourth-order valence-electron chi connectivity index (χ4n) is 1.30. The molecule has 3 N–H and O–H groups in total. The summed E-state index contributed by atoms with van der Waals surface area (Å²) >= 11 is 1.52. The van der Waals surface area contributed by atoms with Crippen molar-refractivity contribution < 1.29 is 0 Å². The van der Waals surface area contributed by atoms with Crippen LogP contribution in [0.3, 0.4) is 0 Å². The third-order valence-electron chi connectivity index (χ3n) is 2.29. The average Bonchev–Trinajstić information content (AvgIpc) is 2.32. The van der Waals surface area contributed by atoms with E-state index in [1.807, 2.05) is 0 Å². The van der Waals surface area contributed by atoms with Crippen LogP contribution in [0.25, 0.3) is 0 Å². The number of nitrogens with one attached hydrogen (secondary N) is 1. The molecule has 0 unspecified atom stereocenters. The normalized spacial score (nSPS) is 17.3. The highest BCUT2D eigenvalue weighted by atomic mass is 32.1. The van der Waals surface area contributed by atoms with Crippen LogP contribution in [0.15, 0.2) is 6.20 Å². The topological polar surface area (TPSA) is 50.9 Å². The maximum absolute atomic E-state index is 5.55. The molecular weight excluding hydrogens is 170 g/mol. The lowest BCUT2D eigenvalue weighted by Gasteiger charge is -2.25. The van der Waals surface area contributed by atoms with E-state index in [0.29, 0.717) is 0 Å². The first kappa shape index (κ1) is 7.86. The number of nitrogens with two attached hydrogens (primary N) is 1. The first-order valence-corrected chi connectivity index (χ1v) is 5.11. The third-order valence-corrected chi connectivity index (χ3v) is 3.07. The van der Waals surface area contributed by atoms with Crippen molar-refractivity contribution in [3.63, 3.8) is 0 Å². The second kappa shape index (κ2) is 3.31. The Morgan fingerprint density at radius 2 is 2.50 bits per heavy atom. The van der Waals surface area contributed by atoms with Gasteiger partial charge in [0.05, 0.1) is 6.20 Å². The van der Waals surface area contributed by atoms with E-state index in [0.717, 1.165) is 22.6 Å². The first-order chi connectivity index (χ1) is 5.84. The molecule has 12 heavy (non-hydrogen) atoms. The molecule has 0 aromatic carbocycles. The molecule has 1 aromatic heterocycles. The molecule has 66 valence electrons. The Morgan fingerprint density at radius 3 is 3.00 bits per heavy atom. The monoisotopic (exact) mass is 183 g/mol. The van der Waals surface area contributed by atoms with Gasteiger partial charge in [0.1, 0.15) is 5.00 Å². The van der Waals surface area contributed by atoms with Gasteiger partial charge in [-0.1, -0.05) is 17.8 Å². The van der Waals surface area contributed by atoms with E-state index in [-0.39, 0.29) is 0 Å². The summed E-state index contributed by atoms with van der Waals surface area (Å²) < 4.78 is 0. The minimum absolute atomic E-state index is 0.783. The van der Waals surface area contributed by atoms with Crippen molar-refractivity contribution in [3.8, 4) is 0 Å². The van der Waals surface area contributed by atoms with E-state index in [2.05, 4.69) is 10.3 Å². The minimum Gasteiger partial charge on any atom is -0.389 e. The maximum atomic E-state index is 5.55. The summed E-state index contributed by atoms with van der Waals surface area (Å²) in [5.41, 5.74) is 5.55. The molecular formula is C8H13N3S. The van der Waals surface area contributed by atoms with Gasteiger partial charge in [-0.2, -0.15) is 0 Å². The van der Waals surface area contributed by atoms with E-state index >= 15 is 0 Å². The zero-order valence-corrected chi connectivity index (χ0v) is 7.73. The van der Waals surface area contributed by atoms with Gasteiger partial charge in [-0.15, -0.1) is 0 Å². The second-order valence-electron chi connectivity index (χ2n) is 3.25. The number of nitrogen functional groups attached to an aromatic ring is 1. The smallest absolute Gasteiger partial charge is 0.184 e. The Kier molecular flexibility index (Phi) is 2.17. The number of rotatable bonds is 3. The van der Waals surface area contributed by atoms with Crippen LogP contribution >= 0.6 is 11.3 Å². The molecule has 1 aromatic rings. The number of hydrogen-bond donors (Lipinski definition) is 2. The van der Waals surface area contributed by atoms with E-state index < -0.39 is 0 Å². The average molecular weight is 183 g/mol. The molecule has 0 bridgehead atoms. The van der Waals surface area contributed by atoms with Gasteiger partial charge >= 0.3 is 0 Å². The van der Waals surface area contributed by atoms with Gasteiger partial charge in [-0.3, -0.25) is 0 Å². The zero-order valence-electron chi connectivity index (χ0n) is 6.92. The molecule has 0 atom stereocenters. The molecule has 1 saturated carbocycles. The lowest BCUT2D eigenvalue weighted by Crippen LogP contribution is -2.20. The summed E-state index contributed by atoms with van der Waals surface area (Å²) in [6, 6.07) is 0. The number of hydrogen-bond acceptors (Lipinski definition) is 4. The summed E-state index contributed by atoms with van der Waals surface area (Å²) in [6.45, 7) is 1.06. The summed E-state index contributed by atoms with van der Waals surface area (Å²) in [6.07, 6.45) is 5.84. The zero-order chi connectivity index (χ0) is 8.39. The van der Waals surface area contributed by atoms with E-state index in [9.17, 15) is 0 Å². The second-order valence-corrected chi connectivity index (χ2v) is 4.31. The fraction of sp³-hybridized carbons (Fsp3) is 0.625. The number of thiazole rings is 1. The predicted molar refractivity (Wildman–Crippen MR) is 52.4 cm³/mol. The molecule has 1 fully saturated rings. The largest absolute Gasteiger partial charge is 0.389 e. The Balaban J connectivity index is 1.79. The van der Waals surface area contributed by atoms with E-state index in [1.165, 1.54) is 30.6 Å². The lowest BCUT2D eigenvalue weighted by atomic mass is 9.86. The molecule has 0 saturated heterocycles. The van der Waals surface area contributed by atoms with Crippen molar-refractivity contribution in [3.05, 3.63) is 6.20 Å². The van der Waals surface area contributed by atoms with Gasteiger partial charge < -0.3 is 11.1 Å². The minimum atomic E-state index is 0.783. The number of nitrogens with zero attached hydrogens (tertiary/aromatic N) is 1. The van der Waals surface area contributed by atoms with Crippen molar-refractivity contribution in [1.82, 2.24) is 4.98 Å². The highest BCUT2D eigenvalue weighted by molar-refractivity contribution is 7.19. The molecule has 0 spiro atoms. The quantitative estimate of drug-likeness (QED) is 0.753. The van der Waals surface area contributed by atoms with Crippen LogP contribution in [0.1, 0.15) is 19.3 Å². The molecule has 0 radical (unpaired) electrons. The highest BCUT2D eigenvalue weighted by Gasteiger charge is 2.16. The fourth-order valence-corrected chi connectivity index (χ4v) is 1.89. The maximum Gasteiger partial charge on any atom is 0.184 e. The van der Waals surface area contributed by atoms with Crippen molar-refractivity contribution in [2.45, 2.75) is 19.3 Å². The lowest BCUT2D eigenvalue weighted by molar-refractivity contribution is 0.333. The summed E-state index contributed by atoms with van der Waals surface area (Å²) in [7, 11) is 0. The summed E-state index contributed by atoms with van der Waals surface area (Å²) in [5.74, 6) is 0.870. The Bertz CT molecular complexity index is 255. The van der Waals surface area contributed by atoms with Crippen LogP contribution in [0.5, 0.6) is 0 Å². The molecule has 1 aliphatic rings.